The van der Waals surface area contributed by atoms with Gasteiger partial charge in [0.25, 0.3) is 5.69 Å². The normalized spacial score (nSPS) is 16.1. The Morgan fingerprint density at radius 1 is 1.43 bits per heavy atom. The molecule has 1 saturated heterocycles. The molecule has 10 heteroatoms. The maximum Gasteiger partial charge on any atom is 0.341 e. The maximum atomic E-state index is 12.5. The van der Waals surface area contributed by atoms with E-state index in [1.807, 2.05) is 0 Å². The van der Waals surface area contributed by atoms with E-state index in [1.54, 1.807) is 4.90 Å². The first kappa shape index (κ1) is 15.6. The Labute approximate surface area is 119 Å². The number of nitro benzene ring substituents is 1. The van der Waals surface area contributed by atoms with Gasteiger partial charge in [-0.25, -0.2) is 8.42 Å². The maximum absolute atomic E-state index is 12.5. The summed E-state index contributed by atoms with van der Waals surface area (Å²) in [4.78, 5) is 11.1. The first-order valence-corrected chi connectivity index (χ1v) is 7.40. The summed E-state index contributed by atoms with van der Waals surface area (Å²) in [6.07, 6.45) is -0.0610. The highest BCUT2D eigenvalue weighted by Crippen LogP contribution is 2.34. The van der Waals surface area contributed by atoms with E-state index in [4.69, 9.17) is 4.74 Å². The summed E-state index contributed by atoms with van der Waals surface area (Å²) in [5, 5.41) is 11.0. The summed E-state index contributed by atoms with van der Waals surface area (Å²) < 4.78 is 52.7. The topological polar surface area (TPSA) is 89.8 Å². The molecule has 0 aromatic heterocycles. The van der Waals surface area contributed by atoms with Crippen LogP contribution in [0.3, 0.4) is 0 Å². The standard InChI is InChI=1S/C11H12F2N2O5S/c1-20-7-5-14(6-7)9-3-2-8(4-10(9)15(16)17)21(18,19)11(12)13/h2-4,7,11H,5-6H2,1H3. The highest BCUT2D eigenvalue weighted by molar-refractivity contribution is 7.91. The van der Waals surface area contributed by atoms with E-state index in [9.17, 15) is 27.3 Å². The molecule has 21 heavy (non-hydrogen) atoms. The second-order valence-corrected chi connectivity index (χ2v) is 6.39. The van der Waals surface area contributed by atoms with E-state index >= 15 is 0 Å². The number of halogens is 2. The van der Waals surface area contributed by atoms with Gasteiger partial charge in [0.1, 0.15) is 5.69 Å². The lowest BCUT2D eigenvalue weighted by Gasteiger charge is -2.39. The molecule has 0 atom stereocenters. The number of methoxy groups -OCH3 is 1. The van der Waals surface area contributed by atoms with Gasteiger partial charge < -0.3 is 9.64 Å². The van der Waals surface area contributed by atoms with Crippen LogP contribution >= 0.6 is 0 Å². The number of rotatable bonds is 5. The van der Waals surface area contributed by atoms with Crippen LogP contribution in [0.25, 0.3) is 0 Å². The molecule has 7 nitrogen and oxygen atoms in total. The molecule has 1 fully saturated rings. The molecular weight excluding hydrogens is 310 g/mol. The Kier molecular flexibility index (Phi) is 4.10. The number of nitro groups is 1. The van der Waals surface area contributed by atoms with Crippen molar-refractivity contribution >= 4 is 21.2 Å². The largest absolute Gasteiger partial charge is 0.378 e. The van der Waals surface area contributed by atoms with Crippen LogP contribution in [0.4, 0.5) is 20.2 Å². The van der Waals surface area contributed by atoms with Crippen LogP contribution in [0.1, 0.15) is 0 Å². The zero-order valence-corrected chi connectivity index (χ0v) is 11.7. The smallest absolute Gasteiger partial charge is 0.341 e. The molecule has 0 saturated carbocycles. The van der Waals surface area contributed by atoms with Gasteiger partial charge in [0.15, 0.2) is 0 Å². The molecule has 0 unspecified atom stereocenters. The van der Waals surface area contributed by atoms with Gasteiger partial charge in [-0.2, -0.15) is 8.78 Å². The Balaban J connectivity index is 2.40. The molecule has 116 valence electrons. The van der Waals surface area contributed by atoms with E-state index < -0.39 is 31.1 Å². The third-order valence-corrected chi connectivity index (χ3v) is 4.61. The summed E-state index contributed by atoms with van der Waals surface area (Å²) in [7, 11) is -3.35. The Hall–Kier alpha value is -1.81. The van der Waals surface area contributed by atoms with Crippen molar-refractivity contribution in [2.75, 3.05) is 25.1 Å². The number of hydrogen-bond donors (Lipinski definition) is 0. The molecular formula is C11H12F2N2O5S. The molecule has 0 radical (unpaired) electrons. The molecule has 0 aliphatic carbocycles. The van der Waals surface area contributed by atoms with Crippen molar-refractivity contribution in [3.63, 3.8) is 0 Å². The van der Waals surface area contributed by atoms with Crippen molar-refractivity contribution in [1.29, 1.82) is 0 Å². The van der Waals surface area contributed by atoms with Crippen LogP contribution in [-0.2, 0) is 14.6 Å². The minimum absolute atomic E-state index is 0.0610. The van der Waals surface area contributed by atoms with Crippen molar-refractivity contribution in [2.24, 2.45) is 0 Å². The van der Waals surface area contributed by atoms with Gasteiger partial charge in [-0.05, 0) is 12.1 Å². The van der Waals surface area contributed by atoms with E-state index in [-0.39, 0.29) is 11.8 Å². The summed E-state index contributed by atoms with van der Waals surface area (Å²) in [5.74, 6) is -3.62. The van der Waals surface area contributed by atoms with Crippen LogP contribution < -0.4 is 4.90 Å². The van der Waals surface area contributed by atoms with E-state index in [1.165, 1.54) is 13.2 Å². The van der Waals surface area contributed by atoms with Crippen LogP contribution in [0.5, 0.6) is 0 Å². The molecule has 1 heterocycles. The average molecular weight is 322 g/mol. The second-order valence-electron chi connectivity index (χ2n) is 4.48. The molecule has 2 rings (SSSR count). The molecule has 0 N–H and O–H groups in total. The van der Waals surface area contributed by atoms with E-state index in [0.717, 1.165) is 6.07 Å². The molecule has 1 aliphatic rings. The van der Waals surface area contributed by atoms with Gasteiger partial charge >= 0.3 is 5.76 Å². The van der Waals surface area contributed by atoms with Crippen LogP contribution in [0.15, 0.2) is 23.1 Å². The highest BCUT2D eigenvalue weighted by Gasteiger charge is 2.34. The van der Waals surface area contributed by atoms with Gasteiger partial charge in [-0.15, -0.1) is 0 Å². The molecule has 1 aromatic carbocycles. The zero-order chi connectivity index (χ0) is 15.8. The molecule has 0 bridgehead atoms. The predicted molar refractivity (Wildman–Crippen MR) is 69.3 cm³/mol. The number of ether oxygens (including phenoxy) is 1. The van der Waals surface area contributed by atoms with Crippen molar-refractivity contribution in [1.82, 2.24) is 0 Å². The summed E-state index contributed by atoms with van der Waals surface area (Å²) in [5.41, 5.74) is -0.340. The number of nitrogens with zero attached hydrogens (tertiary/aromatic N) is 2. The Morgan fingerprint density at radius 2 is 2.05 bits per heavy atom. The summed E-state index contributed by atoms with van der Waals surface area (Å²) >= 11 is 0. The molecule has 0 spiro atoms. The fourth-order valence-electron chi connectivity index (χ4n) is 1.98. The Morgan fingerprint density at radius 3 is 2.52 bits per heavy atom. The summed E-state index contributed by atoms with van der Waals surface area (Å²) in [6, 6.07) is 2.78. The first-order valence-electron chi connectivity index (χ1n) is 5.85. The Bertz CT molecular complexity index is 659. The lowest BCUT2D eigenvalue weighted by atomic mass is 10.1. The average Bonchev–Trinajstić information content (AvgIpc) is 2.37. The number of anilines is 1. The van der Waals surface area contributed by atoms with Crippen molar-refractivity contribution in [3.05, 3.63) is 28.3 Å². The molecule has 1 aliphatic heterocycles. The monoisotopic (exact) mass is 322 g/mol. The number of hydrogen-bond acceptors (Lipinski definition) is 6. The van der Waals surface area contributed by atoms with Crippen molar-refractivity contribution in [3.8, 4) is 0 Å². The minimum atomic E-state index is -4.86. The van der Waals surface area contributed by atoms with E-state index in [0.29, 0.717) is 19.2 Å². The third-order valence-electron chi connectivity index (χ3n) is 3.23. The van der Waals surface area contributed by atoms with Gasteiger partial charge in [0, 0.05) is 26.3 Å². The zero-order valence-electron chi connectivity index (χ0n) is 10.9. The fraction of sp³-hybridized carbons (Fsp3) is 0.455. The second kappa shape index (κ2) is 5.53. The van der Waals surface area contributed by atoms with Crippen LogP contribution in [0.2, 0.25) is 0 Å². The lowest BCUT2D eigenvalue weighted by Crippen LogP contribution is -2.52. The van der Waals surface area contributed by atoms with Gasteiger partial charge in [-0.1, -0.05) is 0 Å². The van der Waals surface area contributed by atoms with Crippen LogP contribution in [0, 0.1) is 10.1 Å². The van der Waals surface area contributed by atoms with Crippen molar-refractivity contribution in [2.45, 2.75) is 16.8 Å². The van der Waals surface area contributed by atoms with Gasteiger partial charge in [0.05, 0.1) is 15.9 Å². The molecule has 0 amide bonds. The van der Waals surface area contributed by atoms with Gasteiger partial charge in [-0.3, -0.25) is 10.1 Å². The van der Waals surface area contributed by atoms with Gasteiger partial charge in [0.2, 0.25) is 9.84 Å². The van der Waals surface area contributed by atoms with E-state index in [2.05, 4.69) is 0 Å². The minimum Gasteiger partial charge on any atom is -0.378 e. The SMILES string of the molecule is COC1CN(c2ccc(S(=O)(=O)C(F)F)cc2[N+](=O)[O-])C1. The quantitative estimate of drug-likeness (QED) is 0.602. The number of alkyl halides is 2. The predicted octanol–water partition coefficient (Wildman–Crippen LogP) is 1.43. The number of benzene rings is 1. The molecule has 1 aromatic rings. The lowest BCUT2D eigenvalue weighted by molar-refractivity contribution is -0.384. The third kappa shape index (κ3) is 2.81. The fourth-order valence-corrected chi connectivity index (χ4v) is 2.72. The first-order chi connectivity index (χ1) is 9.77. The van der Waals surface area contributed by atoms with Crippen LogP contribution in [-0.4, -0.2) is 45.4 Å². The highest BCUT2D eigenvalue weighted by atomic mass is 32.2. The van der Waals surface area contributed by atoms with Crippen molar-refractivity contribution < 1.29 is 26.9 Å². The number of sulfone groups is 1. The summed E-state index contributed by atoms with van der Waals surface area (Å²) in [6.45, 7) is 0.830.